The van der Waals surface area contributed by atoms with Gasteiger partial charge >= 0.3 is 0 Å². The van der Waals surface area contributed by atoms with Gasteiger partial charge in [0.25, 0.3) is 0 Å². The second-order valence-corrected chi connectivity index (χ2v) is 5.75. The molecule has 1 heterocycles. The standard InChI is InChI=1S/C16H27N3/c1-14-4-5-15(2)16(12-14)13-17-6-7-19-10-8-18(3)9-11-19/h4-5,12,17H,6-11,13H2,1-3H3. The molecule has 0 atom stereocenters. The second-order valence-electron chi connectivity index (χ2n) is 5.75. The van der Waals surface area contributed by atoms with Gasteiger partial charge in [-0.3, -0.25) is 4.90 Å². The van der Waals surface area contributed by atoms with E-state index < -0.39 is 0 Å². The van der Waals surface area contributed by atoms with E-state index in [4.69, 9.17) is 0 Å². The topological polar surface area (TPSA) is 18.5 Å². The molecule has 3 heteroatoms. The molecule has 0 aliphatic carbocycles. The summed E-state index contributed by atoms with van der Waals surface area (Å²) in [4.78, 5) is 4.95. The third kappa shape index (κ3) is 4.60. The van der Waals surface area contributed by atoms with Gasteiger partial charge < -0.3 is 10.2 Å². The molecule has 1 fully saturated rings. The van der Waals surface area contributed by atoms with E-state index in [0.717, 1.165) is 13.1 Å². The summed E-state index contributed by atoms with van der Waals surface area (Å²) >= 11 is 0. The van der Waals surface area contributed by atoms with Crippen LogP contribution in [0.5, 0.6) is 0 Å². The lowest BCUT2D eigenvalue weighted by atomic mass is 10.1. The number of nitrogens with one attached hydrogen (secondary N) is 1. The van der Waals surface area contributed by atoms with Crippen molar-refractivity contribution in [3.8, 4) is 0 Å². The molecule has 0 amide bonds. The molecule has 1 aromatic rings. The summed E-state index contributed by atoms with van der Waals surface area (Å²) in [5.74, 6) is 0. The predicted octanol–water partition coefficient (Wildman–Crippen LogP) is 1.64. The van der Waals surface area contributed by atoms with Gasteiger partial charge in [0.2, 0.25) is 0 Å². The number of hydrogen-bond donors (Lipinski definition) is 1. The first-order chi connectivity index (χ1) is 9.15. The third-order valence-corrected chi connectivity index (χ3v) is 4.02. The summed E-state index contributed by atoms with van der Waals surface area (Å²) in [6.07, 6.45) is 0. The van der Waals surface area contributed by atoms with Crippen LogP contribution in [-0.2, 0) is 6.54 Å². The minimum Gasteiger partial charge on any atom is -0.311 e. The SMILES string of the molecule is Cc1ccc(C)c(CNCCN2CCN(C)CC2)c1. The summed E-state index contributed by atoms with van der Waals surface area (Å²) in [6, 6.07) is 6.69. The maximum Gasteiger partial charge on any atom is 0.0208 e. The molecule has 0 aromatic heterocycles. The zero-order valence-electron chi connectivity index (χ0n) is 12.6. The number of benzene rings is 1. The highest BCUT2D eigenvalue weighted by Crippen LogP contribution is 2.10. The molecule has 1 aromatic carbocycles. The normalized spacial score (nSPS) is 17.8. The summed E-state index contributed by atoms with van der Waals surface area (Å²) < 4.78 is 0. The van der Waals surface area contributed by atoms with E-state index in [1.807, 2.05) is 0 Å². The van der Waals surface area contributed by atoms with Gasteiger partial charge in [0.15, 0.2) is 0 Å². The molecule has 19 heavy (non-hydrogen) atoms. The molecule has 2 rings (SSSR count). The molecule has 0 radical (unpaired) electrons. The first kappa shape index (κ1) is 14.5. The Hall–Kier alpha value is -0.900. The van der Waals surface area contributed by atoms with Gasteiger partial charge in [-0.05, 0) is 32.0 Å². The van der Waals surface area contributed by atoms with Gasteiger partial charge in [0.05, 0.1) is 0 Å². The van der Waals surface area contributed by atoms with Crippen molar-refractivity contribution in [2.75, 3.05) is 46.3 Å². The lowest BCUT2D eigenvalue weighted by molar-refractivity contribution is 0.154. The third-order valence-electron chi connectivity index (χ3n) is 4.02. The van der Waals surface area contributed by atoms with E-state index in [2.05, 4.69) is 54.2 Å². The molecule has 0 spiro atoms. The molecule has 1 N–H and O–H groups in total. The van der Waals surface area contributed by atoms with Crippen LogP contribution in [0, 0.1) is 13.8 Å². The van der Waals surface area contributed by atoms with Crippen molar-refractivity contribution in [3.63, 3.8) is 0 Å². The van der Waals surface area contributed by atoms with E-state index >= 15 is 0 Å². The number of piperazine rings is 1. The van der Waals surface area contributed by atoms with Gasteiger partial charge in [0.1, 0.15) is 0 Å². The maximum atomic E-state index is 3.57. The number of nitrogens with zero attached hydrogens (tertiary/aromatic N) is 2. The number of aryl methyl sites for hydroxylation is 2. The lowest BCUT2D eigenvalue weighted by Gasteiger charge is -2.32. The Bertz CT molecular complexity index is 395. The number of hydrogen-bond acceptors (Lipinski definition) is 3. The Morgan fingerprint density at radius 2 is 1.84 bits per heavy atom. The van der Waals surface area contributed by atoms with Crippen molar-refractivity contribution < 1.29 is 0 Å². The van der Waals surface area contributed by atoms with Crippen LogP contribution in [0.1, 0.15) is 16.7 Å². The quantitative estimate of drug-likeness (QED) is 0.813. The molecular weight excluding hydrogens is 234 g/mol. The van der Waals surface area contributed by atoms with Gasteiger partial charge in [-0.15, -0.1) is 0 Å². The molecule has 1 aliphatic heterocycles. The fraction of sp³-hybridized carbons (Fsp3) is 0.625. The van der Waals surface area contributed by atoms with E-state index in [1.54, 1.807) is 0 Å². The van der Waals surface area contributed by atoms with Crippen LogP contribution >= 0.6 is 0 Å². The summed E-state index contributed by atoms with van der Waals surface area (Å²) in [5, 5.41) is 3.57. The summed E-state index contributed by atoms with van der Waals surface area (Å²) in [6.45, 7) is 12.4. The highest BCUT2D eigenvalue weighted by molar-refractivity contribution is 5.30. The number of likely N-dealkylation sites (N-methyl/N-ethyl adjacent to an activating group) is 1. The van der Waals surface area contributed by atoms with Crippen LogP contribution < -0.4 is 5.32 Å². The minimum atomic E-state index is 0.987. The minimum absolute atomic E-state index is 0.987. The van der Waals surface area contributed by atoms with Gasteiger partial charge in [-0.25, -0.2) is 0 Å². The monoisotopic (exact) mass is 261 g/mol. The summed E-state index contributed by atoms with van der Waals surface area (Å²) in [7, 11) is 2.20. The molecule has 0 saturated carbocycles. The Balaban J connectivity index is 1.68. The highest BCUT2D eigenvalue weighted by atomic mass is 15.2. The Morgan fingerprint density at radius 1 is 1.11 bits per heavy atom. The molecule has 3 nitrogen and oxygen atoms in total. The van der Waals surface area contributed by atoms with Crippen LogP contribution in [0.3, 0.4) is 0 Å². The van der Waals surface area contributed by atoms with Crippen LogP contribution in [0.2, 0.25) is 0 Å². The van der Waals surface area contributed by atoms with Crippen LogP contribution in [0.4, 0.5) is 0 Å². The molecule has 0 unspecified atom stereocenters. The predicted molar refractivity (Wildman–Crippen MR) is 81.6 cm³/mol. The first-order valence-electron chi connectivity index (χ1n) is 7.33. The Labute approximate surface area is 117 Å². The van der Waals surface area contributed by atoms with E-state index in [0.29, 0.717) is 0 Å². The van der Waals surface area contributed by atoms with Crippen LogP contribution in [0.15, 0.2) is 18.2 Å². The van der Waals surface area contributed by atoms with E-state index in [9.17, 15) is 0 Å². The molecule has 106 valence electrons. The average molecular weight is 261 g/mol. The van der Waals surface area contributed by atoms with Gasteiger partial charge in [0, 0.05) is 45.8 Å². The van der Waals surface area contributed by atoms with Crippen molar-refractivity contribution in [2.45, 2.75) is 20.4 Å². The lowest BCUT2D eigenvalue weighted by Crippen LogP contribution is -2.46. The first-order valence-corrected chi connectivity index (χ1v) is 7.33. The number of rotatable bonds is 5. The Morgan fingerprint density at radius 3 is 2.58 bits per heavy atom. The van der Waals surface area contributed by atoms with E-state index in [1.165, 1.54) is 49.4 Å². The summed E-state index contributed by atoms with van der Waals surface area (Å²) in [5.41, 5.74) is 4.16. The molecule has 0 bridgehead atoms. The second kappa shape index (κ2) is 7.04. The molecule has 1 aliphatic rings. The van der Waals surface area contributed by atoms with Crippen molar-refractivity contribution in [1.29, 1.82) is 0 Å². The average Bonchev–Trinajstić information content (AvgIpc) is 2.40. The smallest absolute Gasteiger partial charge is 0.0208 e. The van der Waals surface area contributed by atoms with Gasteiger partial charge in [-0.2, -0.15) is 0 Å². The van der Waals surface area contributed by atoms with E-state index in [-0.39, 0.29) is 0 Å². The van der Waals surface area contributed by atoms with Crippen molar-refractivity contribution in [1.82, 2.24) is 15.1 Å². The maximum absolute atomic E-state index is 3.57. The van der Waals surface area contributed by atoms with Crippen molar-refractivity contribution >= 4 is 0 Å². The van der Waals surface area contributed by atoms with Crippen LogP contribution in [0.25, 0.3) is 0 Å². The molecular formula is C16H27N3. The van der Waals surface area contributed by atoms with Crippen molar-refractivity contribution in [2.24, 2.45) is 0 Å². The van der Waals surface area contributed by atoms with Crippen molar-refractivity contribution in [3.05, 3.63) is 34.9 Å². The zero-order valence-corrected chi connectivity index (χ0v) is 12.6. The fourth-order valence-corrected chi connectivity index (χ4v) is 2.52. The highest BCUT2D eigenvalue weighted by Gasteiger charge is 2.12. The Kier molecular flexibility index (Phi) is 5.37. The van der Waals surface area contributed by atoms with Gasteiger partial charge in [-0.1, -0.05) is 23.8 Å². The van der Waals surface area contributed by atoms with Crippen LogP contribution in [-0.4, -0.2) is 56.1 Å². The largest absolute Gasteiger partial charge is 0.311 e. The molecule has 1 saturated heterocycles. The zero-order chi connectivity index (χ0) is 13.7. The fourth-order valence-electron chi connectivity index (χ4n) is 2.52.